The van der Waals surface area contributed by atoms with Gasteiger partial charge in [0.15, 0.2) is 0 Å². The number of furan rings is 1. The molecule has 0 saturated heterocycles. The minimum Gasteiger partial charge on any atom is -0.761 e. The van der Waals surface area contributed by atoms with E-state index in [2.05, 4.69) is 0 Å². The molecule has 2 N–H and O–H groups in total. The van der Waals surface area contributed by atoms with Gasteiger partial charge in [-0.1, -0.05) is 6.08 Å². The van der Waals surface area contributed by atoms with E-state index < -0.39 is 5.97 Å². The lowest BCUT2D eigenvalue weighted by molar-refractivity contribution is 0.0660. The van der Waals surface area contributed by atoms with E-state index in [0.29, 0.717) is 29.9 Å². The van der Waals surface area contributed by atoms with Crippen LogP contribution in [-0.2, 0) is 6.42 Å². The Morgan fingerprint density at radius 2 is 2.43 bits per heavy atom. The van der Waals surface area contributed by atoms with Gasteiger partial charge in [-0.05, 0) is 6.42 Å². The first-order valence-corrected chi connectivity index (χ1v) is 4.17. The van der Waals surface area contributed by atoms with Crippen LogP contribution in [0.1, 0.15) is 28.3 Å². The largest absolute Gasteiger partial charge is 0.761 e. The van der Waals surface area contributed by atoms with Gasteiger partial charge in [0.25, 0.3) is 0 Å². The Hall–Kier alpha value is -1.75. The van der Waals surface area contributed by atoms with Crippen LogP contribution in [0.15, 0.2) is 16.6 Å². The van der Waals surface area contributed by atoms with Crippen LogP contribution in [0.3, 0.4) is 0 Å². The number of hydrogen-bond acceptors (Lipinski definition) is 4. The van der Waals surface area contributed by atoms with Crippen molar-refractivity contribution in [2.45, 2.75) is 12.8 Å². The van der Waals surface area contributed by atoms with Gasteiger partial charge in [0.2, 0.25) is 5.76 Å². The molecule has 0 spiro atoms. The standard InChI is InChI=1S/C9H8NO4/c11-9(12)8-4-5-6(10-13)2-1-3-7(5)14-8/h2,4,10H,1,3H2,(H,11,12)/q-1. The summed E-state index contributed by atoms with van der Waals surface area (Å²) in [4.78, 5) is 10.6. The van der Waals surface area contributed by atoms with Crippen molar-refractivity contribution in [3.8, 4) is 0 Å². The third kappa shape index (κ3) is 1.27. The molecule has 0 amide bonds. The number of fused-ring (bicyclic) bond motifs is 1. The molecule has 5 heteroatoms. The number of carboxylic acids is 1. The average Bonchev–Trinajstić information content (AvgIpc) is 2.60. The van der Waals surface area contributed by atoms with E-state index in [1.807, 2.05) is 0 Å². The summed E-state index contributed by atoms with van der Waals surface area (Å²) in [6.45, 7) is 0. The van der Waals surface area contributed by atoms with E-state index in [-0.39, 0.29) is 5.76 Å². The van der Waals surface area contributed by atoms with Gasteiger partial charge in [-0.15, -0.1) is 0 Å². The summed E-state index contributed by atoms with van der Waals surface area (Å²) in [6, 6.07) is 1.37. The van der Waals surface area contributed by atoms with Gasteiger partial charge in [0.1, 0.15) is 5.76 Å². The fourth-order valence-corrected chi connectivity index (χ4v) is 1.50. The Labute approximate surface area is 79.6 Å². The second kappa shape index (κ2) is 3.19. The molecule has 14 heavy (non-hydrogen) atoms. The second-order valence-corrected chi connectivity index (χ2v) is 3.01. The molecule has 0 saturated carbocycles. The first kappa shape index (κ1) is 8.83. The fourth-order valence-electron chi connectivity index (χ4n) is 1.50. The van der Waals surface area contributed by atoms with Gasteiger partial charge in [-0.25, -0.2) is 4.79 Å². The van der Waals surface area contributed by atoms with Crippen LogP contribution in [-0.4, -0.2) is 11.1 Å². The smallest absolute Gasteiger partial charge is 0.371 e. The predicted molar refractivity (Wildman–Crippen MR) is 48.5 cm³/mol. The molecule has 1 heterocycles. The number of aromatic carboxylic acids is 1. The first-order chi connectivity index (χ1) is 6.72. The summed E-state index contributed by atoms with van der Waals surface area (Å²) < 4.78 is 5.08. The molecular formula is C9H8NO4-. The number of hydrogen-bond donors (Lipinski definition) is 2. The van der Waals surface area contributed by atoms with Crippen LogP contribution >= 0.6 is 0 Å². The van der Waals surface area contributed by atoms with E-state index in [0.717, 1.165) is 0 Å². The number of hydroxylamine groups is 1. The minimum absolute atomic E-state index is 0.127. The van der Waals surface area contributed by atoms with Crippen molar-refractivity contribution >= 4 is 11.7 Å². The van der Waals surface area contributed by atoms with Crippen molar-refractivity contribution < 1.29 is 14.3 Å². The van der Waals surface area contributed by atoms with Crippen LogP contribution in [0, 0.1) is 5.21 Å². The van der Waals surface area contributed by atoms with E-state index >= 15 is 0 Å². The molecule has 0 fully saturated rings. The average molecular weight is 194 g/mol. The molecule has 2 rings (SSSR count). The van der Waals surface area contributed by atoms with Crippen molar-refractivity contribution in [2.24, 2.45) is 0 Å². The van der Waals surface area contributed by atoms with Crippen molar-refractivity contribution in [3.63, 3.8) is 0 Å². The zero-order valence-electron chi connectivity index (χ0n) is 7.24. The summed E-state index contributed by atoms with van der Waals surface area (Å²) in [7, 11) is 0. The zero-order chi connectivity index (χ0) is 10.1. The topological polar surface area (TPSA) is 85.5 Å². The number of rotatable bonds is 2. The molecule has 0 aromatic carbocycles. The van der Waals surface area contributed by atoms with E-state index in [1.54, 1.807) is 11.6 Å². The van der Waals surface area contributed by atoms with Crippen molar-refractivity contribution in [1.82, 2.24) is 5.48 Å². The molecule has 5 nitrogen and oxygen atoms in total. The Morgan fingerprint density at radius 1 is 1.64 bits per heavy atom. The molecule has 1 aliphatic carbocycles. The maximum atomic E-state index is 10.6. The van der Waals surface area contributed by atoms with Crippen LogP contribution in [0.5, 0.6) is 0 Å². The Morgan fingerprint density at radius 3 is 3.07 bits per heavy atom. The Kier molecular flexibility index (Phi) is 2.01. The molecule has 74 valence electrons. The zero-order valence-corrected chi connectivity index (χ0v) is 7.24. The third-order valence-corrected chi connectivity index (χ3v) is 2.14. The van der Waals surface area contributed by atoms with Crippen molar-refractivity contribution in [1.29, 1.82) is 0 Å². The van der Waals surface area contributed by atoms with Gasteiger partial charge in [0, 0.05) is 23.7 Å². The highest BCUT2D eigenvalue weighted by atomic mass is 16.5. The van der Waals surface area contributed by atoms with Gasteiger partial charge < -0.3 is 20.2 Å². The number of allylic oxidation sites excluding steroid dienone is 1. The lowest BCUT2D eigenvalue weighted by Crippen LogP contribution is -2.06. The normalized spacial score (nSPS) is 14.5. The lowest BCUT2D eigenvalue weighted by Gasteiger charge is -2.17. The maximum absolute atomic E-state index is 10.6. The van der Waals surface area contributed by atoms with Crippen LogP contribution in [0.25, 0.3) is 5.70 Å². The molecule has 0 bridgehead atoms. The first-order valence-electron chi connectivity index (χ1n) is 4.17. The summed E-state index contributed by atoms with van der Waals surface area (Å²) in [5.41, 5.74) is 2.72. The second-order valence-electron chi connectivity index (χ2n) is 3.01. The highest BCUT2D eigenvalue weighted by Crippen LogP contribution is 2.27. The molecule has 0 radical (unpaired) electrons. The number of nitrogens with one attached hydrogen (secondary N) is 1. The summed E-state index contributed by atoms with van der Waals surface area (Å²) in [5, 5.41) is 19.2. The Bertz CT molecular complexity index is 405. The minimum atomic E-state index is -1.12. The van der Waals surface area contributed by atoms with Gasteiger partial charge >= 0.3 is 5.97 Å². The fraction of sp³-hybridized carbons (Fsp3) is 0.222. The van der Waals surface area contributed by atoms with E-state index in [1.165, 1.54) is 6.07 Å². The number of aryl methyl sites for hydroxylation is 1. The molecular weight excluding hydrogens is 186 g/mol. The van der Waals surface area contributed by atoms with Crippen LogP contribution in [0.2, 0.25) is 0 Å². The van der Waals surface area contributed by atoms with Gasteiger partial charge in [-0.3, -0.25) is 0 Å². The maximum Gasteiger partial charge on any atom is 0.371 e. The van der Waals surface area contributed by atoms with Gasteiger partial charge in [0.05, 0.1) is 0 Å². The van der Waals surface area contributed by atoms with Crippen LogP contribution < -0.4 is 5.48 Å². The molecule has 1 aromatic heterocycles. The summed E-state index contributed by atoms with van der Waals surface area (Å²) in [6.07, 6.45) is 3.05. The van der Waals surface area contributed by atoms with Gasteiger partial charge in [-0.2, -0.15) is 0 Å². The van der Waals surface area contributed by atoms with E-state index in [9.17, 15) is 10.0 Å². The van der Waals surface area contributed by atoms with E-state index in [4.69, 9.17) is 9.52 Å². The van der Waals surface area contributed by atoms with Crippen molar-refractivity contribution in [2.75, 3.05) is 0 Å². The van der Waals surface area contributed by atoms with Crippen molar-refractivity contribution in [3.05, 3.63) is 34.4 Å². The summed E-state index contributed by atoms with van der Waals surface area (Å²) >= 11 is 0. The van der Waals surface area contributed by atoms with Crippen LogP contribution in [0.4, 0.5) is 0 Å². The molecule has 1 aromatic rings. The summed E-state index contributed by atoms with van der Waals surface area (Å²) in [5.74, 6) is -0.689. The lowest BCUT2D eigenvalue weighted by atomic mass is 10.0. The Balaban J connectivity index is 2.46. The highest BCUT2D eigenvalue weighted by molar-refractivity contribution is 5.86. The SMILES string of the molecule is O=C(O)c1cc2c(o1)CCC=C2N[O-]. The molecule has 0 aliphatic heterocycles. The molecule has 1 aliphatic rings. The predicted octanol–water partition coefficient (Wildman–Crippen LogP) is 1.35. The third-order valence-electron chi connectivity index (χ3n) is 2.14. The number of carbonyl (C=O) groups is 1. The quantitative estimate of drug-likeness (QED) is 0.694. The molecule has 0 atom stereocenters. The number of carboxylic acid groups (broad SMARTS) is 1. The highest BCUT2D eigenvalue weighted by Gasteiger charge is 2.19. The molecule has 0 unspecified atom stereocenters. The monoisotopic (exact) mass is 194 g/mol.